The van der Waals surface area contributed by atoms with Gasteiger partial charge in [-0.1, -0.05) is 137 Å². The van der Waals surface area contributed by atoms with Crippen LogP contribution in [0.2, 0.25) is 0 Å². The molecule has 0 amide bonds. The zero-order chi connectivity index (χ0) is 35.1. The van der Waals surface area contributed by atoms with Crippen molar-refractivity contribution in [2.75, 3.05) is 4.90 Å². The first-order valence-electron chi connectivity index (χ1n) is 18.8. The quantitative estimate of drug-likeness (QED) is 0.182. The van der Waals surface area contributed by atoms with E-state index in [-0.39, 0.29) is 22.3 Å². The summed E-state index contributed by atoms with van der Waals surface area (Å²) in [7, 11) is 0. The largest absolute Gasteiger partial charge is 0.456 e. The van der Waals surface area contributed by atoms with Gasteiger partial charge in [0.05, 0.1) is 11.7 Å². The predicted octanol–water partition coefficient (Wildman–Crippen LogP) is 13.0. The number of nitrogens with zero attached hydrogens (tertiary/aromatic N) is 1. The molecule has 3 aliphatic carbocycles. The van der Waals surface area contributed by atoms with Crippen LogP contribution in [0.4, 0.5) is 11.4 Å². The first-order chi connectivity index (χ1) is 25.1. The Balaban J connectivity index is 1.22. The van der Waals surface area contributed by atoms with Gasteiger partial charge in [0.25, 0.3) is 0 Å². The lowest BCUT2D eigenvalue weighted by Crippen LogP contribution is -2.39. The van der Waals surface area contributed by atoms with Gasteiger partial charge >= 0.3 is 0 Å². The highest BCUT2D eigenvalue weighted by Gasteiger charge is 2.50. The molecule has 52 heavy (non-hydrogen) atoms. The summed E-state index contributed by atoms with van der Waals surface area (Å²) < 4.78 is 6.91. The summed E-state index contributed by atoms with van der Waals surface area (Å²) in [5.41, 5.74) is 18.8. The molecule has 0 spiro atoms. The highest BCUT2D eigenvalue weighted by atomic mass is 16.3. The van der Waals surface area contributed by atoms with Gasteiger partial charge in [0.2, 0.25) is 0 Å². The number of fused-ring (bicyclic) bond motifs is 13. The maximum atomic E-state index is 6.91. The Morgan fingerprint density at radius 1 is 0.615 bits per heavy atom. The average Bonchev–Trinajstić information content (AvgIpc) is 3.74. The van der Waals surface area contributed by atoms with Crippen LogP contribution in [-0.4, -0.2) is 6.04 Å². The molecule has 11 rings (SSSR count). The van der Waals surface area contributed by atoms with Crippen LogP contribution in [0.15, 0.2) is 144 Å². The highest BCUT2D eigenvalue weighted by Crippen LogP contribution is 2.60. The second-order valence-corrected chi connectivity index (χ2v) is 16.8. The molecule has 0 radical (unpaired) electrons. The molecular weight excluding hydrogens is 631 g/mol. The Kier molecular flexibility index (Phi) is 5.81. The van der Waals surface area contributed by atoms with E-state index in [1.165, 1.54) is 83.3 Å². The van der Waals surface area contributed by atoms with Gasteiger partial charge in [-0.25, -0.2) is 0 Å². The number of para-hydroxylation sites is 1. The lowest BCUT2D eigenvalue weighted by Gasteiger charge is -2.36. The van der Waals surface area contributed by atoms with Crippen molar-refractivity contribution < 1.29 is 4.42 Å². The molecule has 4 aliphatic rings. The van der Waals surface area contributed by atoms with Crippen LogP contribution in [0, 0.1) is 0 Å². The number of hydrogen-bond acceptors (Lipinski definition) is 2. The second kappa shape index (κ2) is 10.0. The first kappa shape index (κ1) is 30.1. The number of benzene rings is 6. The molecule has 0 N–H and O–H groups in total. The van der Waals surface area contributed by atoms with Crippen LogP contribution in [-0.2, 0) is 22.7 Å². The molecule has 252 valence electrons. The number of hydrogen-bond donors (Lipinski definition) is 0. The standard InChI is InChI=1S/C50H41NO/c1-48(2)29-31-14-6-7-15-33(31)35-23-21-30(26-41(35)48)38-28-39-37-17-9-11-19-43(37)52-47(39)45-46(38)51(44-20-12-13-25-50(44,45)5)32-22-24-36-34-16-8-10-18-40(34)49(3,4)42(36)27-32/h6-28,44H,29H2,1-5H3. The van der Waals surface area contributed by atoms with Gasteiger partial charge in [-0.05, 0) is 99.2 Å². The Morgan fingerprint density at radius 3 is 2.23 bits per heavy atom. The smallest absolute Gasteiger partial charge is 0.141 e. The van der Waals surface area contributed by atoms with Crippen LogP contribution in [0.5, 0.6) is 0 Å². The van der Waals surface area contributed by atoms with Crippen LogP contribution in [0.3, 0.4) is 0 Å². The minimum atomic E-state index is -0.309. The highest BCUT2D eigenvalue weighted by molar-refractivity contribution is 6.12. The van der Waals surface area contributed by atoms with Crippen molar-refractivity contribution >= 4 is 33.3 Å². The lowest BCUT2D eigenvalue weighted by molar-refractivity contribution is 0.517. The third-order valence-corrected chi connectivity index (χ3v) is 13.0. The summed E-state index contributed by atoms with van der Waals surface area (Å²) in [5.74, 6) is 0. The third kappa shape index (κ3) is 3.80. The van der Waals surface area contributed by atoms with E-state index >= 15 is 0 Å². The van der Waals surface area contributed by atoms with Crippen molar-refractivity contribution in [3.63, 3.8) is 0 Å². The number of allylic oxidation sites excluding steroid dienone is 2. The molecule has 0 saturated heterocycles. The van der Waals surface area contributed by atoms with E-state index in [1.54, 1.807) is 0 Å². The minimum absolute atomic E-state index is 0.00100. The van der Waals surface area contributed by atoms with Crippen molar-refractivity contribution in [1.29, 1.82) is 0 Å². The molecule has 2 unspecified atom stereocenters. The summed E-state index contributed by atoms with van der Waals surface area (Å²) in [6.07, 6.45) is 10.3. The Bertz CT molecular complexity index is 2750. The van der Waals surface area contributed by atoms with Gasteiger partial charge in [-0.15, -0.1) is 0 Å². The fraction of sp³-hybridized carbons (Fsp3) is 0.200. The van der Waals surface area contributed by atoms with Gasteiger partial charge in [-0.3, -0.25) is 0 Å². The molecule has 2 nitrogen and oxygen atoms in total. The van der Waals surface area contributed by atoms with E-state index in [4.69, 9.17) is 4.42 Å². The summed E-state index contributed by atoms with van der Waals surface area (Å²) in [5, 5.41) is 2.35. The first-order valence-corrected chi connectivity index (χ1v) is 18.8. The molecule has 6 aromatic carbocycles. The van der Waals surface area contributed by atoms with Crippen molar-refractivity contribution in [3.8, 4) is 33.4 Å². The van der Waals surface area contributed by atoms with E-state index in [0.717, 1.165) is 17.6 Å². The Hall–Kier alpha value is -5.60. The van der Waals surface area contributed by atoms with E-state index in [0.29, 0.717) is 0 Å². The van der Waals surface area contributed by atoms with E-state index in [2.05, 4.69) is 179 Å². The predicted molar refractivity (Wildman–Crippen MR) is 217 cm³/mol. The zero-order valence-electron chi connectivity index (χ0n) is 30.4. The average molecular weight is 672 g/mol. The molecule has 2 atom stereocenters. The third-order valence-electron chi connectivity index (χ3n) is 13.0. The molecule has 7 aromatic rings. The maximum absolute atomic E-state index is 6.91. The normalized spacial score (nSPS) is 21.1. The Morgan fingerprint density at radius 2 is 1.35 bits per heavy atom. The van der Waals surface area contributed by atoms with E-state index < -0.39 is 0 Å². The topological polar surface area (TPSA) is 16.4 Å². The SMILES string of the molecule is CC1(C)Cc2ccccc2-c2ccc(-c3cc4c(oc5ccccc54)c4c3N(c3ccc5c(c3)C(C)(C)c3ccccc3-5)C3C=CC=CC43C)cc21. The molecule has 2 heterocycles. The summed E-state index contributed by atoms with van der Waals surface area (Å²) in [6, 6.07) is 43.4. The Labute approximate surface area is 305 Å². The summed E-state index contributed by atoms with van der Waals surface area (Å²) in [4.78, 5) is 2.64. The van der Waals surface area contributed by atoms with Crippen molar-refractivity contribution in [2.24, 2.45) is 0 Å². The summed E-state index contributed by atoms with van der Waals surface area (Å²) >= 11 is 0. The molecule has 1 aromatic heterocycles. The van der Waals surface area contributed by atoms with Crippen LogP contribution < -0.4 is 4.90 Å². The van der Waals surface area contributed by atoms with Gasteiger partial charge < -0.3 is 9.32 Å². The van der Waals surface area contributed by atoms with Crippen LogP contribution >= 0.6 is 0 Å². The maximum Gasteiger partial charge on any atom is 0.141 e. The lowest BCUT2D eigenvalue weighted by atomic mass is 9.69. The monoisotopic (exact) mass is 671 g/mol. The van der Waals surface area contributed by atoms with Crippen LogP contribution in [0.25, 0.3) is 55.3 Å². The van der Waals surface area contributed by atoms with Crippen molar-refractivity contribution in [2.45, 2.75) is 63.3 Å². The van der Waals surface area contributed by atoms with Gasteiger partial charge in [0.15, 0.2) is 0 Å². The van der Waals surface area contributed by atoms with E-state index in [9.17, 15) is 0 Å². The number of furan rings is 1. The molecular formula is C50H41NO. The van der Waals surface area contributed by atoms with Crippen LogP contribution in [0.1, 0.15) is 62.4 Å². The number of anilines is 2. The molecule has 0 saturated carbocycles. The molecule has 1 aliphatic heterocycles. The molecule has 0 fully saturated rings. The van der Waals surface area contributed by atoms with Crippen molar-refractivity contribution in [3.05, 3.63) is 167 Å². The summed E-state index contributed by atoms with van der Waals surface area (Å²) in [6.45, 7) is 12.0. The second-order valence-electron chi connectivity index (χ2n) is 16.8. The minimum Gasteiger partial charge on any atom is -0.456 e. The van der Waals surface area contributed by atoms with Gasteiger partial charge in [-0.2, -0.15) is 0 Å². The molecule has 0 bridgehead atoms. The number of rotatable bonds is 2. The fourth-order valence-electron chi connectivity index (χ4n) is 10.4. The van der Waals surface area contributed by atoms with Gasteiger partial charge in [0, 0.05) is 38.4 Å². The van der Waals surface area contributed by atoms with Gasteiger partial charge in [0.1, 0.15) is 11.2 Å². The van der Waals surface area contributed by atoms with Crippen molar-refractivity contribution in [1.82, 2.24) is 0 Å². The zero-order valence-corrected chi connectivity index (χ0v) is 30.4. The van der Waals surface area contributed by atoms with E-state index in [1.807, 2.05) is 0 Å². The molecule has 2 heteroatoms. The fourth-order valence-corrected chi connectivity index (χ4v) is 10.4.